The zero-order valence-electron chi connectivity index (χ0n) is 10.3. The van der Waals surface area contributed by atoms with Gasteiger partial charge in [-0.25, -0.2) is 0 Å². The normalized spacial score (nSPS) is 18.7. The van der Waals surface area contributed by atoms with Crippen LogP contribution in [-0.4, -0.2) is 25.2 Å². The number of ether oxygens (including phenoxy) is 1. The SMILES string of the molecule is CCNc1ccc(Br)cc1NC(=O)[C@@H]1CCCO1. The Morgan fingerprint density at radius 2 is 2.33 bits per heavy atom. The molecule has 1 fully saturated rings. The standard InChI is InChI=1S/C13H17BrN2O2/c1-2-15-10-6-5-9(14)8-11(10)16-13(17)12-4-3-7-18-12/h5-6,8,12,15H,2-4,7H2,1H3,(H,16,17)/t12-/m0/s1. The Morgan fingerprint density at radius 3 is 3.00 bits per heavy atom. The molecule has 1 atom stereocenters. The minimum atomic E-state index is -0.307. The Balaban J connectivity index is 2.11. The summed E-state index contributed by atoms with van der Waals surface area (Å²) in [5, 5.41) is 6.14. The van der Waals surface area contributed by atoms with E-state index in [1.54, 1.807) is 0 Å². The largest absolute Gasteiger partial charge is 0.384 e. The van der Waals surface area contributed by atoms with Gasteiger partial charge in [-0.1, -0.05) is 15.9 Å². The van der Waals surface area contributed by atoms with Crippen molar-refractivity contribution in [3.8, 4) is 0 Å². The van der Waals surface area contributed by atoms with Gasteiger partial charge in [0.15, 0.2) is 0 Å². The molecule has 5 heteroatoms. The first-order valence-corrected chi connectivity index (χ1v) is 6.96. The highest BCUT2D eigenvalue weighted by molar-refractivity contribution is 9.10. The molecule has 1 aromatic carbocycles. The van der Waals surface area contributed by atoms with Crippen molar-refractivity contribution >= 4 is 33.2 Å². The van der Waals surface area contributed by atoms with Gasteiger partial charge in [-0.05, 0) is 38.0 Å². The number of amides is 1. The van der Waals surface area contributed by atoms with Crippen molar-refractivity contribution in [3.05, 3.63) is 22.7 Å². The van der Waals surface area contributed by atoms with Crippen molar-refractivity contribution in [2.45, 2.75) is 25.9 Å². The van der Waals surface area contributed by atoms with Crippen molar-refractivity contribution < 1.29 is 9.53 Å². The first kappa shape index (κ1) is 13.4. The van der Waals surface area contributed by atoms with Gasteiger partial charge in [0.1, 0.15) is 6.10 Å². The maximum atomic E-state index is 12.0. The fraction of sp³-hybridized carbons (Fsp3) is 0.462. The second-order valence-corrected chi connectivity index (χ2v) is 5.13. The molecule has 2 rings (SSSR count). The van der Waals surface area contributed by atoms with Crippen LogP contribution >= 0.6 is 15.9 Å². The van der Waals surface area contributed by atoms with E-state index in [1.165, 1.54) is 0 Å². The molecule has 0 spiro atoms. The molecule has 0 bridgehead atoms. The molecule has 98 valence electrons. The van der Waals surface area contributed by atoms with E-state index in [2.05, 4.69) is 26.6 Å². The van der Waals surface area contributed by atoms with Gasteiger partial charge in [0.25, 0.3) is 5.91 Å². The summed E-state index contributed by atoms with van der Waals surface area (Å²) in [6.45, 7) is 3.51. The fourth-order valence-electron chi connectivity index (χ4n) is 1.96. The Morgan fingerprint density at radius 1 is 1.50 bits per heavy atom. The van der Waals surface area contributed by atoms with E-state index in [4.69, 9.17) is 4.74 Å². The van der Waals surface area contributed by atoms with E-state index in [-0.39, 0.29) is 12.0 Å². The lowest BCUT2D eigenvalue weighted by molar-refractivity contribution is -0.124. The molecule has 1 aliphatic heterocycles. The number of anilines is 2. The molecule has 0 aliphatic carbocycles. The van der Waals surface area contributed by atoms with Crippen molar-refractivity contribution in [1.82, 2.24) is 0 Å². The molecule has 0 aromatic heterocycles. The van der Waals surface area contributed by atoms with Gasteiger partial charge in [-0.3, -0.25) is 4.79 Å². The van der Waals surface area contributed by atoms with Crippen LogP contribution in [0.4, 0.5) is 11.4 Å². The molecule has 0 unspecified atom stereocenters. The molecule has 1 amide bonds. The highest BCUT2D eigenvalue weighted by atomic mass is 79.9. The van der Waals surface area contributed by atoms with Crippen LogP contribution in [0.3, 0.4) is 0 Å². The monoisotopic (exact) mass is 312 g/mol. The first-order valence-electron chi connectivity index (χ1n) is 6.16. The lowest BCUT2D eigenvalue weighted by Gasteiger charge is -2.15. The molecule has 1 aliphatic rings. The minimum absolute atomic E-state index is 0.0650. The number of nitrogens with one attached hydrogen (secondary N) is 2. The quantitative estimate of drug-likeness (QED) is 0.898. The molecule has 18 heavy (non-hydrogen) atoms. The van der Waals surface area contributed by atoms with Crippen LogP contribution in [0.2, 0.25) is 0 Å². The molecule has 0 radical (unpaired) electrons. The molecular formula is C13H17BrN2O2. The predicted molar refractivity (Wildman–Crippen MR) is 75.9 cm³/mol. The molecule has 0 saturated carbocycles. The van der Waals surface area contributed by atoms with Crippen molar-refractivity contribution in [2.75, 3.05) is 23.8 Å². The van der Waals surface area contributed by atoms with Gasteiger partial charge in [0.2, 0.25) is 0 Å². The van der Waals surface area contributed by atoms with Crippen molar-refractivity contribution in [3.63, 3.8) is 0 Å². The lowest BCUT2D eigenvalue weighted by Crippen LogP contribution is -2.27. The summed E-state index contributed by atoms with van der Waals surface area (Å²) >= 11 is 3.41. The molecular weight excluding hydrogens is 296 g/mol. The summed E-state index contributed by atoms with van der Waals surface area (Å²) in [7, 11) is 0. The van der Waals surface area contributed by atoms with Crippen LogP contribution in [0, 0.1) is 0 Å². The van der Waals surface area contributed by atoms with E-state index in [0.29, 0.717) is 6.61 Å². The molecule has 1 saturated heterocycles. The summed E-state index contributed by atoms with van der Waals surface area (Å²) in [6, 6.07) is 5.78. The number of carbonyl (C=O) groups is 1. The lowest BCUT2D eigenvalue weighted by atomic mass is 10.2. The van der Waals surface area contributed by atoms with Crippen molar-refractivity contribution in [2.24, 2.45) is 0 Å². The van der Waals surface area contributed by atoms with Gasteiger partial charge in [0.05, 0.1) is 11.4 Å². The summed E-state index contributed by atoms with van der Waals surface area (Å²) < 4.78 is 6.31. The second-order valence-electron chi connectivity index (χ2n) is 4.21. The zero-order valence-corrected chi connectivity index (χ0v) is 11.9. The number of benzene rings is 1. The number of hydrogen-bond acceptors (Lipinski definition) is 3. The Labute approximate surface area is 115 Å². The topological polar surface area (TPSA) is 50.4 Å². The zero-order chi connectivity index (χ0) is 13.0. The van der Waals surface area contributed by atoms with Crippen LogP contribution in [-0.2, 0) is 9.53 Å². The third-order valence-corrected chi connectivity index (χ3v) is 3.32. The van der Waals surface area contributed by atoms with Gasteiger partial charge in [-0.15, -0.1) is 0 Å². The second kappa shape index (κ2) is 6.20. The highest BCUT2D eigenvalue weighted by Crippen LogP contribution is 2.27. The van der Waals surface area contributed by atoms with Crippen LogP contribution in [0.15, 0.2) is 22.7 Å². The van der Waals surface area contributed by atoms with E-state index in [9.17, 15) is 4.79 Å². The van der Waals surface area contributed by atoms with E-state index < -0.39 is 0 Å². The predicted octanol–water partition coefficient (Wildman–Crippen LogP) is 3.00. The average molecular weight is 313 g/mol. The smallest absolute Gasteiger partial charge is 0.253 e. The summed E-state index contributed by atoms with van der Waals surface area (Å²) in [5.74, 6) is -0.0650. The maximum absolute atomic E-state index is 12.0. The molecule has 2 N–H and O–H groups in total. The summed E-state index contributed by atoms with van der Waals surface area (Å²) in [5.41, 5.74) is 1.71. The number of carbonyl (C=O) groups excluding carboxylic acids is 1. The van der Waals surface area contributed by atoms with Gasteiger partial charge < -0.3 is 15.4 Å². The van der Waals surface area contributed by atoms with E-state index in [0.717, 1.165) is 35.2 Å². The van der Waals surface area contributed by atoms with Crippen molar-refractivity contribution in [1.29, 1.82) is 0 Å². The summed E-state index contributed by atoms with van der Waals surface area (Å²) in [4.78, 5) is 12.0. The summed E-state index contributed by atoms with van der Waals surface area (Å²) in [6.07, 6.45) is 1.45. The third kappa shape index (κ3) is 3.23. The van der Waals surface area contributed by atoms with E-state index in [1.807, 2.05) is 25.1 Å². The van der Waals surface area contributed by atoms with Crippen LogP contribution in [0.5, 0.6) is 0 Å². The Bertz CT molecular complexity index is 431. The van der Waals surface area contributed by atoms with Crippen LogP contribution in [0.1, 0.15) is 19.8 Å². The maximum Gasteiger partial charge on any atom is 0.253 e. The van der Waals surface area contributed by atoms with Gasteiger partial charge >= 0.3 is 0 Å². The first-order chi connectivity index (χ1) is 8.70. The van der Waals surface area contributed by atoms with Crippen LogP contribution in [0.25, 0.3) is 0 Å². The molecule has 1 heterocycles. The van der Waals surface area contributed by atoms with Gasteiger partial charge in [0, 0.05) is 17.6 Å². The Hall–Kier alpha value is -1.07. The average Bonchev–Trinajstić information content (AvgIpc) is 2.86. The number of hydrogen-bond donors (Lipinski definition) is 2. The van der Waals surface area contributed by atoms with Gasteiger partial charge in [-0.2, -0.15) is 0 Å². The molecule has 4 nitrogen and oxygen atoms in total. The van der Waals surface area contributed by atoms with E-state index >= 15 is 0 Å². The Kier molecular flexibility index (Phi) is 4.60. The minimum Gasteiger partial charge on any atom is -0.384 e. The third-order valence-electron chi connectivity index (χ3n) is 2.83. The number of rotatable bonds is 4. The molecule has 1 aromatic rings. The number of halogens is 1. The highest BCUT2D eigenvalue weighted by Gasteiger charge is 2.24. The van der Waals surface area contributed by atoms with Crippen LogP contribution < -0.4 is 10.6 Å². The fourth-order valence-corrected chi connectivity index (χ4v) is 2.32.